The van der Waals surface area contributed by atoms with E-state index in [1.807, 2.05) is 0 Å². The summed E-state index contributed by atoms with van der Waals surface area (Å²) in [5.74, 6) is -0.113. The number of rotatable bonds is 8. The summed E-state index contributed by atoms with van der Waals surface area (Å²) in [6.45, 7) is 0.632. The summed E-state index contributed by atoms with van der Waals surface area (Å²) in [4.78, 5) is 10.6. The van der Waals surface area contributed by atoms with Crippen LogP contribution in [-0.4, -0.2) is 32.7 Å². The van der Waals surface area contributed by atoms with Crippen LogP contribution in [0.4, 0.5) is 17.1 Å². The molecule has 0 saturated carbocycles. The molecule has 1 aliphatic heterocycles. The van der Waals surface area contributed by atoms with E-state index < -0.39 is 14.9 Å². The summed E-state index contributed by atoms with van der Waals surface area (Å²) in [6.07, 6.45) is -0.130. The number of nitro benzene ring substituents is 1. The Balaban J connectivity index is 1.79. The van der Waals surface area contributed by atoms with Crippen LogP contribution in [0.25, 0.3) is 0 Å². The van der Waals surface area contributed by atoms with E-state index in [1.165, 1.54) is 16.4 Å². The van der Waals surface area contributed by atoms with Crippen molar-refractivity contribution in [3.63, 3.8) is 0 Å². The standard InChI is InChI=1S/C21H18N2O6S/c24-23(25)20-12-11-19(13-21(20)29-15-18-14-28-18)30(26,27)22(16-7-3-1-4-8-16)17-9-5-2-6-10-17/h1-13,18H,14-15H2. The number of ether oxygens (including phenoxy) is 2. The minimum absolute atomic E-state index is 0.113. The lowest BCUT2D eigenvalue weighted by molar-refractivity contribution is -0.385. The normalized spacial score (nSPS) is 15.4. The molecule has 8 nitrogen and oxygen atoms in total. The van der Waals surface area contributed by atoms with Gasteiger partial charge in [-0.3, -0.25) is 10.1 Å². The zero-order chi connectivity index (χ0) is 21.1. The minimum atomic E-state index is -4.10. The first kappa shape index (κ1) is 19.9. The molecule has 0 aromatic heterocycles. The summed E-state index contributed by atoms with van der Waals surface area (Å²) >= 11 is 0. The van der Waals surface area contributed by atoms with Gasteiger partial charge >= 0.3 is 5.69 Å². The van der Waals surface area contributed by atoms with Gasteiger partial charge in [-0.2, -0.15) is 0 Å². The fourth-order valence-corrected chi connectivity index (χ4v) is 4.43. The van der Waals surface area contributed by atoms with Crippen LogP contribution < -0.4 is 9.04 Å². The molecule has 0 N–H and O–H groups in total. The maximum absolute atomic E-state index is 13.6. The van der Waals surface area contributed by atoms with E-state index >= 15 is 0 Å². The van der Waals surface area contributed by atoms with Crippen LogP contribution >= 0.6 is 0 Å². The SMILES string of the molecule is O=[N+]([O-])c1ccc(S(=O)(=O)N(c2ccccc2)c2ccccc2)cc1OCC1CO1. The average Bonchev–Trinajstić information content (AvgIpc) is 3.58. The van der Waals surface area contributed by atoms with E-state index in [0.717, 1.165) is 6.07 Å². The van der Waals surface area contributed by atoms with Crippen molar-refractivity contribution < 1.29 is 22.8 Å². The van der Waals surface area contributed by atoms with Crippen LogP contribution in [-0.2, 0) is 14.8 Å². The number of hydrogen-bond donors (Lipinski definition) is 0. The average molecular weight is 426 g/mol. The largest absolute Gasteiger partial charge is 0.484 e. The first-order chi connectivity index (χ1) is 14.5. The van der Waals surface area contributed by atoms with E-state index in [-0.39, 0.29) is 29.0 Å². The first-order valence-electron chi connectivity index (χ1n) is 9.15. The van der Waals surface area contributed by atoms with Gasteiger partial charge in [0.05, 0.1) is 27.8 Å². The Labute approximate surface area is 173 Å². The molecule has 3 aromatic rings. The molecule has 0 spiro atoms. The molecule has 0 amide bonds. The highest BCUT2D eigenvalue weighted by atomic mass is 32.2. The topological polar surface area (TPSA) is 102 Å². The maximum Gasteiger partial charge on any atom is 0.311 e. The summed E-state index contributed by atoms with van der Waals surface area (Å²) in [7, 11) is -4.10. The molecule has 30 heavy (non-hydrogen) atoms. The Kier molecular flexibility index (Phi) is 5.39. The van der Waals surface area contributed by atoms with Gasteiger partial charge in [-0.25, -0.2) is 12.7 Å². The van der Waals surface area contributed by atoms with Crippen LogP contribution in [0.15, 0.2) is 83.8 Å². The summed E-state index contributed by atoms with van der Waals surface area (Å²) in [5, 5.41) is 11.4. The predicted octanol–water partition coefficient (Wildman–Crippen LogP) is 3.90. The van der Waals surface area contributed by atoms with Crippen LogP contribution in [0.5, 0.6) is 5.75 Å². The highest BCUT2D eigenvalue weighted by Crippen LogP contribution is 2.36. The molecule has 1 unspecified atom stereocenters. The quantitative estimate of drug-likeness (QED) is 0.308. The maximum atomic E-state index is 13.6. The molecule has 1 heterocycles. The molecule has 1 saturated heterocycles. The van der Waals surface area contributed by atoms with Crippen LogP contribution in [0.2, 0.25) is 0 Å². The molecule has 1 fully saturated rings. The van der Waals surface area contributed by atoms with Crippen LogP contribution in [0.3, 0.4) is 0 Å². The molecule has 0 bridgehead atoms. The second-order valence-electron chi connectivity index (χ2n) is 6.59. The van der Waals surface area contributed by atoms with Gasteiger partial charge in [-0.15, -0.1) is 0 Å². The third-order valence-electron chi connectivity index (χ3n) is 4.47. The van der Waals surface area contributed by atoms with Crippen molar-refractivity contribution >= 4 is 27.1 Å². The molecular formula is C21H18N2O6S. The smallest absolute Gasteiger partial charge is 0.311 e. The van der Waals surface area contributed by atoms with Gasteiger partial charge in [0.15, 0.2) is 5.75 Å². The van der Waals surface area contributed by atoms with Crippen LogP contribution in [0.1, 0.15) is 0 Å². The number of anilines is 2. The fourth-order valence-electron chi connectivity index (χ4n) is 2.93. The Hall–Kier alpha value is -3.43. The summed E-state index contributed by atoms with van der Waals surface area (Å²) < 4.78 is 38.9. The second-order valence-corrected chi connectivity index (χ2v) is 8.38. The second kappa shape index (κ2) is 8.13. The van der Waals surface area contributed by atoms with Gasteiger partial charge in [0.2, 0.25) is 0 Å². The van der Waals surface area contributed by atoms with Crippen molar-refractivity contribution in [3.05, 3.63) is 89.0 Å². The number of benzene rings is 3. The lowest BCUT2D eigenvalue weighted by Crippen LogP contribution is -2.26. The predicted molar refractivity (Wildman–Crippen MR) is 111 cm³/mol. The van der Waals surface area contributed by atoms with Crippen molar-refractivity contribution in [1.29, 1.82) is 0 Å². The Morgan fingerprint density at radius 1 is 1.00 bits per heavy atom. The van der Waals surface area contributed by atoms with E-state index in [9.17, 15) is 18.5 Å². The zero-order valence-corrected chi connectivity index (χ0v) is 16.6. The molecule has 1 atom stereocenters. The molecule has 3 aromatic carbocycles. The monoisotopic (exact) mass is 426 g/mol. The van der Waals surface area contributed by atoms with E-state index in [2.05, 4.69) is 0 Å². The molecule has 0 aliphatic carbocycles. The summed E-state index contributed by atoms with van der Waals surface area (Å²) in [6, 6.07) is 20.8. The molecule has 4 rings (SSSR count). The van der Waals surface area contributed by atoms with Crippen molar-refractivity contribution in [2.24, 2.45) is 0 Å². The molecule has 0 radical (unpaired) electrons. The molecule has 9 heteroatoms. The Bertz CT molecular complexity index is 1110. The minimum Gasteiger partial charge on any atom is -0.484 e. The number of epoxide rings is 1. The van der Waals surface area contributed by atoms with Crippen molar-refractivity contribution in [2.45, 2.75) is 11.0 Å². The van der Waals surface area contributed by atoms with Gasteiger partial charge in [0.1, 0.15) is 12.7 Å². The van der Waals surface area contributed by atoms with Gasteiger partial charge < -0.3 is 9.47 Å². The van der Waals surface area contributed by atoms with Crippen molar-refractivity contribution in [1.82, 2.24) is 0 Å². The fraction of sp³-hybridized carbons (Fsp3) is 0.143. The van der Waals surface area contributed by atoms with Crippen molar-refractivity contribution in [2.75, 3.05) is 17.5 Å². The van der Waals surface area contributed by atoms with Gasteiger partial charge in [-0.1, -0.05) is 36.4 Å². The van der Waals surface area contributed by atoms with E-state index in [4.69, 9.17) is 9.47 Å². The molecule has 154 valence electrons. The molecular weight excluding hydrogens is 408 g/mol. The molecule has 1 aliphatic rings. The van der Waals surface area contributed by atoms with Gasteiger partial charge in [0.25, 0.3) is 10.0 Å². The van der Waals surface area contributed by atoms with Crippen LogP contribution in [0, 0.1) is 10.1 Å². The summed E-state index contributed by atoms with van der Waals surface area (Å²) in [5.41, 5.74) is 0.576. The zero-order valence-electron chi connectivity index (χ0n) is 15.7. The number of hydrogen-bond acceptors (Lipinski definition) is 6. The van der Waals surface area contributed by atoms with Gasteiger partial charge in [-0.05, 0) is 30.3 Å². The number of nitrogens with zero attached hydrogens (tertiary/aromatic N) is 2. The van der Waals surface area contributed by atoms with E-state index in [0.29, 0.717) is 18.0 Å². The third-order valence-corrected chi connectivity index (χ3v) is 6.23. The number of nitro groups is 1. The van der Waals surface area contributed by atoms with Gasteiger partial charge in [0, 0.05) is 12.1 Å². The number of para-hydroxylation sites is 2. The number of sulfonamides is 1. The third kappa shape index (κ3) is 4.12. The van der Waals surface area contributed by atoms with Crippen molar-refractivity contribution in [3.8, 4) is 5.75 Å². The Morgan fingerprint density at radius 2 is 1.57 bits per heavy atom. The lowest BCUT2D eigenvalue weighted by Gasteiger charge is -2.24. The highest BCUT2D eigenvalue weighted by molar-refractivity contribution is 7.93. The van der Waals surface area contributed by atoms with E-state index in [1.54, 1.807) is 60.7 Å². The lowest BCUT2D eigenvalue weighted by atomic mass is 10.3. The first-order valence-corrected chi connectivity index (χ1v) is 10.6. The Morgan fingerprint density at radius 3 is 2.07 bits per heavy atom. The highest BCUT2D eigenvalue weighted by Gasteiger charge is 2.30.